The molecule has 6 heteroatoms. The van der Waals surface area contributed by atoms with Gasteiger partial charge in [0.05, 0.1) is 17.7 Å². The van der Waals surface area contributed by atoms with Gasteiger partial charge in [-0.15, -0.1) is 0 Å². The molecule has 25 heavy (non-hydrogen) atoms. The zero-order valence-electron chi connectivity index (χ0n) is 14.4. The van der Waals surface area contributed by atoms with Crippen molar-refractivity contribution in [3.05, 3.63) is 78.7 Å². The highest BCUT2D eigenvalue weighted by molar-refractivity contribution is 5.48. The van der Waals surface area contributed by atoms with Gasteiger partial charge < -0.3 is 20.2 Å². The summed E-state index contributed by atoms with van der Waals surface area (Å²) in [7, 11) is 0. The lowest BCUT2D eigenvalue weighted by atomic mass is 10.1. The van der Waals surface area contributed by atoms with E-state index in [0.717, 1.165) is 11.4 Å². The third-order valence-corrected chi connectivity index (χ3v) is 4.18. The predicted octanol–water partition coefficient (Wildman–Crippen LogP) is 0.185. The molecule has 0 saturated carbocycles. The number of nitrogens with one attached hydrogen (secondary N) is 3. The summed E-state index contributed by atoms with van der Waals surface area (Å²) in [5.41, 5.74) is 2.40. The third-order valence-electron chi connectivity index (χ3n) is 4.18. The van der Waals surface area contributed by atoms with E-state index in [9.17, 15) is 9.59 Å². The van der Waals surface area contributed by atoms with E-state index in [1.165, 1.54) is 5.56 Å². The van der Waals surface area contributed by atoms with Crippen molar-refractivity contribution in [1.29, 1.82) is 0 Å². The van der Waals surface area contributed by atoms with Gasteiger partial charge in [0.1, 0.15) is 5.35 Å². The molecule has 3 N–H and O–H groups in total. The number of hydrogen-bond acceptors (Lipinski definition) is 4. The predicted molar refractivity (Wildman–Crippen MR) is 98.8 cm³/mol. The zero-order valence-corrected chi connectivity index (χ0v) is 14.4. The Hall–Kier alpha value is -3.02. The van der Waals surface area contributed by atoms with Gasteiger partial charge in [-0.2, -0.15) is 0 Å². The van der Waals surface area contributed by atoms with Crippen LogP contribution < -0.4 is 27.1 Å². The molecule has 1 aliphatic rings. The molecular weight excluding hydrogens is 316 g/mol. The van der Waals surface area contributed by atoms with Crippen LogP contribution in [0.4, 0.5) is 0 Å². The molecule has 0 spiro atoms. The molecule has 6 nitrogen and oxygen atoms in total. The Labute approximate surface area is 145 Å². The minimum atomic E-state index is -0.391. The van der Waals surface area contributed by atoms with Gasteiger partial charge in [-0.1, -0.05) is 50.8 Å². The molecule has 1 aromatic heterocycles. The zero-order chi connectivity index (χ0) is 18.0. The molecule has 0 aliphatic carbocycles. The van der Waals surface area contributed by atoms with Crippen LogP contribution in [0.15, 0.2) is 51.3 Å². The molecule has 3 rings (SSSR count). The standard InChI is InChI=1S/C19H22N4O2/c1-12(2)17-16(9-15-19(25)21-13(3)18(24)22-15)23(11-20-17)10-14-7-5-4-6-8-14/h4-9,12,20H,3,10-11H2,1-2H3,(H,21,25)(H,22,24). The fourth-order valence-corrected chi connectivity index (χ4v) is 2.89. The van der Waals surface area contributed by atoms with Crippen LogP contribution in [0.25, 0.3) is 12.7 Å². The largest absolute Gasteiger partial charge is 0.369 e. The Morgan fingerprint density at radius 2 is 1.88 bits per heavy atom. The molecule has 2 aromatic rings. The number of H-pyrrole nitrogens is 2. The number of hydrogen-bond donors (Lipinski definition) is 3. The van der Waals surface area contributed by atoms with Gasteiger partial charge in [0.25, 0.3) is 11.1 Å². The maximum absolute atomic E-state index is 12.2. The van der Waals surface area contributed by atoms with Crippen molar-refractivity contribution in [2.24, 2.45) is 5.92 Å². The normalized spacial score (nSPS) is 15.2. The van der Waals surface area contributed by atoms with Crippen LogP contribution in [-0.4, -0.2) is 21.5 Å². The van der Waals surface area contributed by atoms with Gasteiger partial charge in [-0.05, 0) is 17.6 Å². The van der Waals surface area contributed by atoms with Gasteiger partial charge in [-0.3, -0.25) is 9.59 Å². The summed E-state index contributed by atoms with van der Waals surface area (Å²) in [4.78, 5) is 31.2. The number of aromatic amines is 2. The Morgan fingerprint density at radius 3 is 2.56 bits per heavy atom. The fraction of sp³-hybridized carbons (Fsp3) is 0.263. The van der Waals surface area contributed by atoms with Crippen LogP contribution in [0.3, 0.4) is 0 Å². The maximum Gasteiger partial charge on any atom is 0.272 e. The van der Waals surface area contributed by atoms with Crippen LogP contribution in [0.2, 0.25) is 0 Å². The molecular formula is C19H22N4O2. The number of aromatic nitrogens is 2. The molecule has 0 fully saturated rings. The van der Waals surface area contributed by atoms with Crippen LogP contribution in [0, 0.1) is 5.92 Å². The van der Waals surface area contributed by atoms with E-state index >= 15 is 0 Å². The quantitative estimate of drug-likeness (QED) is 0.743. The lowest BCUT2D eigenvalue weighted by molar-refractivity contribution is 0.369. The number of benzene rings is 1. The maximum atomic E-state index is 12.2. The highest BCUT2D eigenvalue weighted by Gasteiger charge is 2.22. The average Bonchev–Trinajstić information content (AvgIpc) is 2.96. The first-order valence-electron chi connectivity index (χ1n) is 8.26. The third kappa shape index (κ3) is 3.57. The number of allylic oxidation sites excluding steroid dienone is 2. The second-order valence-corrected chi connectivity index (χ2v) is 6.42. The van der Waals surface area contributed by atoms with Crippen LogP contribution in [0.1, 0.15) is 19.4 Å². The summed E-state index contributed by atoms with van der Waals surface area (Å²) in [5, 5.41) is 3.69. The van der Waals surface area contributed by atoms with Crippen molar-refractivity contribution < 1.29 is 0 Å². The number of nitrogens with zero attached hydrogens (tertiary/aromatic N) is 1. The monoisotopic (exact) mass is 338 g/mol. The smallest absolute Gasteiger partial charge is 0.272 e. The first kappa shape index (κ1) is 16.8. The summed E-state index contributed by atoms with van der Waals surface area (Å²) in [5.74, 6) is 0.268. The summed E-state index contributed by atoms with van der Waals surface area (Å²) >= 11 is 0. The van der Waals surface area contributed by atoms with E-state index in [1.807, 2.05) is 18.2 Å². The lowest BCUT2D eigenvalue weighted by Crippen LogP contribution is -2.46. The molecule has 0 atom stereocenters. The van der Waals surface area contributed by atoms with Gasteiger partial charge in [0, 0.05) is 12.2 Å². The molecule has 0 unspecified atom stereocenters. The van der Waals surface area contributed by atoms with Gasteiger partial charge in [0.15, 0.2) is 0 Å². The summed E-state index contributed by atoms with van der Waals surface area (Å²) in [6.07, 6.45) is 1.73. The van der Waals surface area contributed by atoms with Gasteiger partial charge in [0.2, 0.25) is 0 Å². The molecule has 2 heterocycles. The second-order valence-electron chi connectivity index (χ2n) is 6.42. The van der Waals surface area contributed by atoms with Crippen molar-refractivity contribution in [1.82, 2.24) is 20.2 Å². The van der Waals surface area contributed by atoms with Crippen molar-refractivity contribution >= 4 is 12.7 Å². The van der Waals surface area contributed by atoms with Crippen LogP contribution >= 0.6 is 0 Å². The highest BCUT2D eigenvalue weighted by Crippen LogP contribution is 2.24. The Kier molecular flexibility index (Phi) is 4.61. The molecule has 1 aromatic carbocycles. The summed E-state index contributed by atoms with van der Waals surface area (Å²) in [6, 6.07) is 10.1. The van der Waals surface area contributed by atoms with E-state index in [-0.39, 0.29) is 22.2 Å². The SMILES string of the molecule is C=c1[nH]c(=O)c(=CC2=C(C(C)C)NCN2Cc2ccccc2)[nH]c1=O. The van der Waals surface area contributed by atoms with Crippen molar-refractivity contribution in [3.8, 4) is 0 Å². The molecule has 0 radical (unpaired) electrons. The van der Waals surface area contributed by atoms with Gasteiger partial charge in [-0.25, -0.2) is 0 Å². The number of rotatable bonds is 4. The fourth-order valence-electron chi connectivity index (χ4n) is 2.89. The van der Waals surface area contributed by atoms with Crippen LogP contribution in [0.5, 0.6) is 0 Å². The minimum Gasteiger partial charge on any atom is -0.369 e. The Balaban J connectivity index is 2.08. The lowest BCUT2D eigenvalue weighted by Gasteiger charge is -2.19. The molecule has 1 aliphatic heterocycles. The van der Waals surface area contributed by atoms with E-state index < -0.39 is 5.56 Å². The van der Waals surface area contributed by atoms with E-state index in [0.29, 0.717) is 13.2 Å². The summed E-state index contributed by atoms with van der Waals surface area (Å²) in [6.45, 7) is 9.07. The molecule has 130 valence electrons. The Morgan fingerprint density at radius 1 is 1.16 bits per heavy atom. The highest BCUT2D eigenvalue weighted by atomic mass is 16.1. The second kappa shape index (κ2) is 6.84. The average molecular weight is 338 g/mol. The van der Waals surface area contributed by atoms with E-state index in [2.05, 4.69) is 52.7 Å². The topological polar surface area (TPSA) is 81.0 Å². The van der Waals surface area contributed by atoms with Crippen molar-refractivity contribution in [3.63, 3.8) is 0 Å². The van der Waals surface area contributed by atoms with E-state index in [4.69, 9.17) is 0 Å². The van der Waals surface area contributed by atoms with Gasteiger partial charge >= 0.3 is 0 Å². The first-order valence-corrected chi connectivity index (χ1v) is 8.26. The van der Waals surface area contributed by atoms with E-state index in [1.54, 1.807) is 6.08 Å². The first-order chi connectivity index (χ1) is 12.0. The Bertz CT molecular complexity index is 1020. The van der Waals surface area contributed by atoms with Crippen molar-refractivity contribution in [2.45, 2.75) is 20.4 Å². The molecule has 0 bridgehead atoms. The molecule has 0 saturated heterocycles. The molecule has 0 amide bonds. The minimum absolute atomic E-state index is 0.0610. The van der Waals surface area contributed by atoms with Crippen molar-refractivity contribution in [2.75, 3.05) is 6.67 Å². The summed E-state index contributed by atoms with van der Waals surface area (Å²) < 4.78 is 0. The van der Waals surface area contributed by atoms with Crippen LogP contribution in [-0.2, 0) is 6.54 Å².